The van der Waals surface area contributed by atoms with E-state index >= 15 is 0 Å². The van der Waals surface area contributed by atoms with Crippen molar-refractivity contribution in [2.24, 2.45) is 11.8 Å². The Kier molecular flexibility index (Phi) is 3.95. The Balaban J connectivity index is 2.33. The van der Waals surface area contributed by atoms with Crippen molar-refractivity contribution in [1.29, 1.82) is 0 Å². The van der Waals surface area contributed by atoms with Crippen LogP contribution in [0.5, 0.6) is 0 Å². The molecule has 1 aliphatic carbocycles. The van der Waals surface area contributed by atoms with Gasteiger partial charge in [0.2, 0.25) is 0 Å². The van der Waals surface area contributed by atoms with Gasteiger partial charge in [-0.05, 0) is 41.7 Å². The fourth-order valence-corrected chi connectivity index (χ4v) is 3.39. The lowest BCUT2D eigenvalue weighted by Crippen LogP contribution is -2.41. The van der Waals surface area contributed by atoms with Gasteiger partial charge in [-0.25, -0.2) is 8.78 Å². The lowest BCUT2D eigenvalue weighted by atomic mass is 9.64. The van der Waals surface area contributed by atoms with E-state index < -0.39 is 23.2 Å². The molecule has 0 amide bonds. The van der Waals surface area contributed by atoms with Crippen LogP contribution in [0.2, 0.25) is 0 Å². The number of hydrogen-bond donors (Lipinski definition) is 1. The van der Waals surface area contributed by atoms with Gasteiger partial charge in [0.1, 0.15) is 0 Å². The highest BCUT2D eigenvalue weighted by Gasteiger charge is 2.40. The third kappa shape index (κ3) is 2.66. The minimum Gasteiger partial charge on any atom is -0.393 e. The van der Waals surface area contributed by atoms with Crippen LogP contribution in [0.4, 0.5) is 8.78 Å². The molecule has 1 N–H and O–H groups in total. The molecular formula is C16H22F2O. The van der Waals surface area contributed by atoms with Gasteiger partial charge in [-0.15, -0.1) is 0 Å². The van der Waals surface area contributed by atoms with Crippen LogP contribution >= 0.6 is 0 Å². The predicted octanol–water partition coefficient (Wildman–Crippen LogP) is 4.04. The fraction of sp³-hybridized carbons (Fsp3) is 0.625. The summed E-state index contributed by atoms with van der Waals surface area (Å²) >= 11 is 0. The van der Waals surface area contributed by atoms with Crippen molar-refractivity contribution in [3.05, 3.63) is 35.4 Å². The molecule has 19 heavy (non-hydrogen) atoms. The average Bonchev–Trinajstić information content (AvgIpc) is 2.31. The molecule has 3 atom stereocenters. The topological polar surface area (TPSA) is 20.2 Å². The zero-order valence-electron chi connectivity index (χ0n) is 11.8. The summed E-state index contributed by atoms with van der Waals surface area (Å²) in [4.78, 5) is 0. The minimum atomic E-state index is -0.816. The molecule has 1 fully saturated rings. The van der Waals surface area contributed by atoms with Crippen LogP contribution in [0.15, 0.2) is 18.2 Å². The van der Waals surface area contributed by atoms with Crippen molar-refractivity contribution in [2.45, 2.75) is 51.6 Å². The van der Waals surface area contributed by atoms with Crippen LogP contribution in [0.1, 0.15) is 45.6 Å². The maximum absolute atomic E-state index is 14.0. The van der Waals surface area contributed by atoms with Gasteiger partial charge in [-0.3, -0.25) is 0 Å². The van der Waals surface area contributed by atoms with E-state index in [1.54, 1.807) is 6.07 Å². The lowest BCUT2D eigenvalue weighted by molar-refractivity contribution is 0.0133. The highest BCUT2D eigenvalue weighted by Crippen LogP contribution is 2.43. The van der Waals surface area contributed by atoms with Crippen LogP contribution in [0.3, 0.4) is 0 Å². The monoisotopic (exact) mass is 268 g/mol. The van der Waals surface area contributed by atoms with Crippen molar-refractivity contribution >= 4 is 0 Å². The Morgan fingerprint density at radius 3 is 2.53 bits per heavy atom. The second-order valence-electron chi connectivity index (χ2n) is 6.42. The number of hydrogen-bond acceptors (Lipinski definition) is 1. The zero-order valence-corrected chi connectivity index (χ0v) is 11.8. The summed E-state index contributed by atoms with van der Waals surface area (Å²) in [6.45, 7) is 5.92. The number of benzene rings is 1. The summed E-state index contributed by atoms with van der Waals surface area (Å²) < 4.78 is 27.4. The van der Waals surface area contributed by atoms with E-state index in [0.717, 1.165) is 25.3 Å². The van der Waals surface area contributed by atoms with Crippen LogP contribution < -0.4 is 0 Å². The van der Waals surface area contributed by atoms with E-state index in [1.165, 1.54) is 6.07 Å². The largest absolute Gasteiger partial charge is 0.393 e. The summed E-state index contributed by atoms with van der Waals surface area (Å²) in [7, 11) is 0. The van der Waals surface area contributed by atoms with E-state index in [9.17, 15) is 13.9 Å². The van der Waals surface area contributed by atoms with Gasteiger partial charge in [0.25, 0.3) is 0 Å². The van der Waals surface area contributed by atoms with E-state index in [0.29, 0.717) is 11.5 Å². The van der Waals surface area contributed by atoms with E-state index in [-0.39, 0.29) is 5.92 Å². The highest BCUT2D eigenvalue weighted by molar-refractivity contribution is 5.28. The molecule has 1 aliphatic rings. The third-order valence-electron chi connectivity index (χ3n) is 4.65. The first-order chi connectivity index (χ1) is 8.84. The second-order valence-corrected chi connectivity index (χ2v) is 6.42. The summed E-state index contributed by atoms with van der Waals surface area (Å²) in [5.41, 5.74) is -0.197. The molecule has 0 radical (unpaired) electrons. The van der Waals surface area contributed by atoms with E-state index in [4.69, 9.17) is 0 Å². The first-order valence-electron chi connectivity index (χ1n) is 6.96. The SMILES string of the molecule is CC1CCC(C(C)(C)c2cccc(F)c2F)C(O)C1. The number of aliphatic hydroxyl groups is 1. The Labute approximate surface area is 113 Å². The molecular weight excluding hydrogens is 246 g/mol. The zero-order chi connectivity index (χ0) is 14.2. The van der Waals surface area contributed by atoms with Gasteiger partial charge in [-0.1, -0.05) is 39.3 Å². The summed E-state index contributed by atoms with van der Waals surface area (Å²) in [5, 5.41) is 10.3. The maximum atomic E-state index is 14.0. The van der Waals surface area contributed by atoms with Gasteiger partial charge in [0.05, 0.1) is 6.10 Å². The number of halogens is 2. The van der Waals surface area contributed by atoms with E-state index in [1.807, 2.05) is 13.8 Å². The maximum Gasteiger partial charge on any atom is 0.162 e. The van der Waals surface area contributed by atoms with Crippen molar-refractivity contribution in [3.63, 3.8) is 0 Å². The summed E-state index contributed by atoms with van der Waals surface area (Å²) in [5.74, 6) is -1.12. The van der Waals surface area contributed by atoms with Crippen LogP contribution in [0, 0.1) is 23.5 Å². The smallest absolute Gasteiger partial charge is 0.162 e. The Morgan fingerprint density at radius 1 is 1.21 bits per heavy atom. The number of aliphatic hydroxyl groups excluding tert-OH is 1. The third-order valence-corrected chi connectivity index (χ3v) is 4.65. The van der Waals surface area contributed by atoms with Crippen molar-refractivity contribution in [1.82, 2.24) is 0 Å². The van der Waals surface area contributed by atoms with Crippen LogP contribution in [-0.4, -0.2) is 11.2 Å². The molecule has 106 valence electrons. The van der Waals surface area contributed by atoms with Crippen LogP contribution in [0.25, 0.3) is 0 Å². The van der Waals surface area contributed by atoms with Gasteiger partial charge in [0, 0.05) is 0 Å². The molecule has 1 saturated carbocycles. The molecule has 2 rings (SSSR count). The minimum absolute atomic E-state index is 0.0278. The molecule has 0 aliphatic heterocycles. The summed E-state index contributed by atoms with van der Waals surface area (Å²) in [6, 6.07) is 4.30. The molecule has 1 aromatic carbocycles. The average molecular weight is 268 g/mol. The lowest BCUT2D eigenvalue weighted by Gasteiger charge is -2.42. The molecule has 0 bridgehead atoms. The van der Waals surface area contributed by atoms with Crippen LogP contribution in [-0.2, 0) is 5.41 Å². The Bertz CT molecular complexity index is 456. The second kappa shape index (κ2) is 5.20. The predicted molar refractivity (Wildman–Crippen MR) is 71.9 cm³/mol. The quantitative estimate of drug-likeness (QED) is 0.858. The van der Waals surface area contributed by atoms with Crippen molar-refractivity contribution < 1.29 is 13.9 Å². The van der Waals surface area contributed by atoms with Gasteiger partial charge < -0.3 is 5.11 Å². The molecule has 3 unspecified atom stereocenters. The first-order valence-corrected chi connectivity index (χ1v) is 6.96. The van der Waals surface area contributed by atoms with Gasteiger partial charge >= 0.3 is 0 Å². The fourth-order valence-electron chi connectivity index (χ4n) is 3.39. The molecule has 3 heteroatoms. The first kappa shape index (κ1) is 14.4. The molecule has 0 aromatic heterocycles. The highest BCUT2D eigenvalue weighted by atomic mass is 19.2. The normalized spacial score (nSPS) is 28.4. The number of rotatable bonds is 2. The molecule has 1 aromatic rings. The van der Waals surface area contributed by atoms with Gasteiger partial charge in [0.15, 0.2) is 11.6 Å². The molecule has 0 saturated heterocycles. The van der Waals surface area contributed by atoms with Gasteiger partial charge in [-0.2, -0.15) is 0 Å². The molecule has 0 spiro atoms. The molecule has 0 heterocycles. The summed E-state index contributed by atoms with van der Waals surface area (Å²) in [6.07, 6.45) is 2.18. The van der Waals surface area contributed by atoms with Crippen molar-refractivity contribution in [2.75, 3.05) is 0 Å². The Hall–Kier alpha value is -0.960. The van der Waals surface area contributed by atoms with Crippen molar-refractivity contribution in [3.8, 4) is 0 Å². The standard InChI is InChI=1S/C16H22F2O/c1-10-7-8-11(14(19)9-10)16(2,3)12-5-4-6-13(17)15(12)18/h4-6,10-11,14,19H,7-9H2,1-3H3. The molecule has 1 nitrogen and oxygen atoms in total. The Morgan fingerprint density at radius 2 is 1.89 bits per heavy atom. The van der Waals surface area contributed by atoms with E-state index in [2.05, 4.69) is 6.92 Å².